The van der Waals surface area contributed by atoms with Gasteiger partial charge in [0.1, 0.15) is 11.5 Å². The first kappa shape index (κ1) is 16.3. The Kier molecular flexibility index (Phi) is 4.71. The second-order valence-corrected chi connectivity index (χ2v) is 5.74. The monoisotopic (exact) mass is 344 g/mol. The highest BCUT2D eigenvalue weighted by molar-refractivity contribution is 7.79. The second-order valence-electron chi connectivity index (χ2n) is 5.51. The van der Waals surface area contributed by atoms with Gasteiger partial charge in [-0.3, -0.25) is 4.79 Å². The summed E-state index contributed by atoms with van der Waals surface area (Å²) in [5, 5.41) is 4.29. The van der Waals surface area contributed by atoms with Gasteiger partial charge in [-0.2, -0.15) is 4.98 Å². The van der Waals surface area contributed by atoms with Crippen LogP contribution >= 0.6 is 12.2 Å². The van der Waals surface area contributed by atoms with Crippen molar-refractivity contribution in [1.29, 1.82) is 0 Å². The fourth-order valence-corrected chi connectivity index (χ4v) is 2.51. The lowest BCUT2D eigenvalue weighted by Crippen LogP contribution is -2.25. The number of hydrogen-bond acceptors (Lipinski definition) is 6. The van der Waals surface area contributed by atoms with Crippen molar-refractivity contribution in [2.75, 3.05) is 5.32 Å². The third kappa shape index (κ3) is 3.35. The van der Waals surface area contributed by atoms with Crippen LogP contribution in [0.2, 0.25) is 0 Å². The average Bonchev–Trinajstić information content (AvgIpc) is 2.50. The Morgan fingerprint density at radius 3 is 2.88 bits per heavy atom. The topological polar surface area (TPSA) is 81.4 Å². The van der Waals surface area contributed by atoms with Crippen LogP contribution in [0.1, 0.15) is 31.7 Å². The molecular weight excluding hydrogens is 328 g/mol. The second kappa shape index (κ2) is 6.92. The first-order valence-electron chi connectivity index (χ1n) is 7.65. The van der Waals surface area contributed by atoms with Gasteiger partial charge in [0.05, 0.1) is 11.2 Å². The van der Waals surface area contributed by atoms with E-state index in [1.807, 2.05) is 0 Å². The number of carbonyl (C=O) groups is 1. The van der Waals surface area contributed by atoms with Crippen LogP contribution in [-0.2, 0) is 4.79 Å². The first-order valence-corrected chi connectivity index (χ1v) is 8.12. The zero-order valence-electron chi connectivity index (χ0n) is 13.1. The molecule has 1 heterocycles. The summed E-state index contributed by atoms with van der Waals surface area (Å²) in [6, 6.07) is 3.28. The summed E-state index contributed by atoms with van der Waals surface area (Å²) in [7, 11) is 0. The number of fused-ring (bicyclic) bond motifs is 1. The van der Waals surface area contributed by atoms with Gasteiger partial charge in [0.25, 0.3) is 0 Å². The summed E-state index contributed by atoms with van der Waals surface area (Å²) >= 11 is 4.96. The maximum absolute atomic E-state index is 12.4. The van der Waals surface area contributed by atoms with E-state index in [0.29, 0.717) is 16.8 Å². The molecule has 124 valence electrons. The molecule has 1 amide bonds. The molecule has 0 aliphatic heterocycles. The molecule has 1 saturated carbocycles. The number of thiocarbonyl (C=S) groups is 1. The molecule has 0 unspecified atom stereocenters. The lowest BCUT2D eigenvalue weighted by atomic mass is 9.96. The quantitative estimate of drug-likeness (QED) is 0.663. The van der Waals surface area contributed by atoms with E-state index >= 15 is 0 Å². The third-order valence-electron chi connectivity index (χ3n) is 3.77. The van der Waals surface area contributed by atoms with E-state index in [4.69, 9.17) is 21.4 Å². The molecule has 0 saturated heterocycles. The minimum atomic E-state index is -0.610. The summed E-state index contributed by atoms with van der Waals surface area (Å²) in [5.41, 5.74) is 0.722. The highest BCUT2D eigenvalue weighted by atomic mass is 32.1. The molecule has 1 aromatic heterocycles. The summed E-state index contributed by atoms with van der Waals surface area (Å²) in [5.74, 6) is -0.352. The van der Waals surface area contributed by atoms with Gasteiger partial charge in [0.15, 0.2) is 0 Å². The predicted molar refractivity (Wildman–Crippen MR) is 94.7 cm³/mol. The highest BCUT2D eigenvalue weighted by Crippen LogP contribution is 2.26. The number of nitrogens with one attached hydrogen (secondary N) is 1. The zero-order chi connectivity index (χ0) is 17.1. The molecule has 1 fully saturated rings. The molecule has 0 spiro atoms. The van der Waals surface area contributed by atoms with Crippen LogP contribution in [0, 0.1) is 0 Å². The minimum Gasteiger partial charge on any atom is -0.447 e. The van der Waals surface area contributed by atoms with Crippen LogP contribution in [0.4, 0.5) is 5.69 Å². The van der Waals surface area contributed by atoms with Crippen LogP contribution < -0.4 is 15.7 Å². The Bertz CT molecular complexity index is 884. The molecule has 1 aliphatic rings. The average molecular weight is 344 g/mol. The van der Waals surface area contributed by atoms with E-state index in [-0.39, 0.29) is 23.5 Å². The fourth-order valence-electron chi connectivity index (χ4n) is 2.38. The van der Waals surface area contributed by atoms with Crippen LogP contribution in [-0.4, -0.2) is 22.4 Å². The lowest BCUT2D eigenvalue weighted by Gasteiger charge is -2.24. The van der Waals surface area contributed by atoms with Crippen molar-refractivity contribution in [3.63, 3.8) is 0 Å². The number of hydrogen-bond donors (Lipinski definition) is 1. The zero-order valence-corrected chi connectivity index (χ0v) is 13.9. The Labute approximate surface area is 143 Å². The Morgan fingerprint density at radius 1 is 1.46 bits per heavy atom. The van der Waals surface area contributed by atoms with Gasteiger partial charge in [-0.05, 0) is 50.0 Å². The molecule has 2 aromatic rings. The molecule has 0 atom stereocenters. The standard InChI is InChI=1S/C17H16N2O4S/c1-2-4-14(20)18-12-7-10(9-24)8-13-15(12)16(21)23-17(19-13)22-11-5-3-6-11/h2,4,7-9,11H,3,5-6H2,1H3,(H,18,20). The summed E-state index contributed by atoms with van der Waals surface area (Å²) in [6.45, 7) is 1.73. The number of amides is 1. The molecule has 1 N–H and O–H groups in total. The van der Waals surface area contributed by atoms with E-state index in [0.717, 1.165) is 19.3 Å². The van der Waals surface area contributed by atoms with Gasteiger partial charge in [0, 0.05) is 5.37 Å². The van der Waals surface area contributed by atoms with E-state index < -0.39 is 5.63 Å². The van der Waals surface area contributed by atoms with Crippen molar-refractivity contribution in [2.45, 2.75) is 32.3 Å². The summed E-state index contributed by atoms with van der Waals surface area (Å²) < 4.78 is 10.7. The minimum absolute atomic E-state index is 0.0423. The number of anilines is 1. The fraction of sp³-hybridized carbons (Fsp3) is 0.294. The van der Waals surface area contributed by atoms with Crippen LogP contribution in [0.3, 0.4) is 0 Å². The third-order valence-corrected chi connectivity index (χ3v) is 4.04. The van der Waals surface area contributed by atoms with E-state index in [1.165, 1.54) is 11.4 Å². The van der Waals surface area contributed by atoms with Crippen molar-refractivity contribution in [3.8, 4) is 6.08 Å². The van der Waals surface area contributed by atoms with Crippen molar-refractivity contribution >= 4 is 40.1 Å². The van der Waals surface area contributed by atoms with Gasteiger partial charge in [-0.25, -0.2) is 4.79 Å². The maximum atomic E-state index is 12.4. The van der Waals surface area contributed by atoms with Gasteiger partial charge in [-0.15, -0.1) is 0 Å². The highest BCUT2D eigenvalue weighted by Gasteiger charge is 2.22. The number of allylic oxidation sites excluding steroid dienone is 1. The number of ether oxygens (including phenoxy) is 1. The number of rotatable bonds is 5. The van der Waals surface area contributed by atoms with Crippen molar-refractivity contribution in [1.82, 2.24) is 4.98 Å². The van der Waals surface area contributed by atoms with E-state index in [2.05, 4.69) is 10.3 Å². The lowest BCUT2D eigenvalue weighted by molar-refractivity contribution is -0.111. The molecule has 0 radical (unpaired) electrons. The molecule has 0 bridgehead atoms. The van der Waals surface area contributed by atoms with Crippen molar-refractivity contribution in [3.05, 3.63) is 40.3 Å². The SMILES string of the molecule is CC=CC(=O)Nc1cc(C=S)cc2nc(OC3CCC3)oc(=O)c12. The number of carbonyl (C=O) groups excluding carboxylic acids is 1. The van der Waals surface area contributed by atoms with Crippen molar-refractivity contribution < 1.29 is 13.9 Å². The number of benzene rings is 1. The summed E-state index contributed by atoms with van der Waals surface area (Å²) in [4.78, 5) is 28.4. The number of aromatic nitrogens is 1. The molecule has 3 rings (SSSR count). The molecule has 7 heteroatoms. The van der Waals surface area contributed by atoms with Gasteiger partial charge in [0.2, 0.25) is 5.91 Å². The first-order chi connectivity index (χ1) is 11.6. The Balaban J connectivity index is 2.07. The van der Waals surface area contributed by atoms with Crippen LogP contribution in [0.25, 0.3) is 10.9 Å². The van der Waals surface area contributed by atoms with Crippen LogP contribution in [0.15, 0.2) is 33.5 Å². The maximum Gasteiger partial charge on any atom is 0.397 e. The Hall–Kier alpha value is -2.54. The molecular formula is C17H16N2O4S. The van der Waals surface area contributed by atoms with Gasteiger partial charge in [-0.1, -0.05) is 18.3 Å². The van der Waals surface area contributed by atoms with Crippen LogP contribution in [0.5, 0.6) is 6.08 Å². The largest absolute Gasteiger partial charge is 0.447 e. The summed E-state index contributed by atoms with van der Waals surface area (Å²) in [6.07, 6.45) is 5.90. The normalized spacial score (nSPS) is 14.5. The van der Waals surface area contributed by atoms with Crippen molar-refractivity contribution in [2.24, 2.45) is 0 Å². The van der Waals surface area contributed by atoms with E-state index in [9.17, 15) is 9.59 Å². The molecule has 1 aromatic carbocycles. The smallest absolute Gasteiger partial charge is 0.397 e. The molecule has 24 heavy (non-hydrogen) atoms. The predicted octanol–water partition coefficient (Wildman–Crippen LogP) is 2.98. The van der Waals surface area contributed by atoms with E-state index in [1.54, 1.807) is 25.1 Å². The Morgan fingerprint density at radius 2 is 2.25 bits per heavy atom. The van der Waals surface area contributed by atoms with Gasteiger partial charge >= 0.3 is 11.7 Å². The molecule has 6 nitrogen and oxygen atoms in total. The molecule has 1 aliphatic carbocycles. The number of nitrogens with zero attached hydrogens (tertiary/aromatic N) is 1. The van der Waals surface area contributed by atoms with Gasteiger partial charge < -0.3 is 14.5 Å².